The molecule has 0 spiro atoms. The summed E-state index contributed by atoms with van der Waals surface area (Å²) in [5, 5.41) is 3.75. The summed E-state index contributed by atoms with van der Waals surface area (Å²) in [5.74, 6) is 0.926. The SMILES string of the molecule is CC(=O)c1ccc(-c2ccc3oc(CNC(=O)/C=C\c4ccc(N)nc4)cc3c2)s1. The number of furan rings is 1. The molecule has 0 unspecified atom stereocenters. The number of carbonyl (C=O) groups excluding carboxylic acids is 2. The van der Waals surface area contributed by atoms with Crippen LogP contribution in [0.1, 0.15) is 27.9 Å². The van der Waals surface area contributed by atoms with Gasteiger partial charge in [-0.1, -0.05) is 0 Å². The minimum absolute atomic E-state index is 0.0652. The maximum Gasteiger partial charge on any atom is 0.244 e. The second-order valence-corrected chi connectivity index (χ2v) is 7.84. The maximum absolute atomic E-state index is 12.1. The van der Waals surface area contributed by atoms with Gasteiger partial charge < -0.3 is 15.5 Å². The second-order valence-electron chi connectivity index (χ2n) is 6.75. The Hall–Kier alpha value is -3.71. The summed E-state index contributed by atoms with van der Waals surface area (Å²) in [5.41, 5.74) is 8.10. The quantitative estimate of drug-likeness (QED) is 0.351. The number of amides is 1. The molecule has 0 saturated carbocycles. The molecule has 1 aromatic carbocycles. The van der Waals surface area contributed by atoms with Crippen molar-refractivity contribution in [3.63, 3.8) is 0 Å². The number of hydrogen-bond acceptors (Lipinski definition) is 6. The van der Waals surface area contributed by atoms with Gasteiger partial charge in [-0.2, -0.15) is 0 Å². The smallest absolute Gasteiger partial charge is 0.244 e. The van der Waals surface area contributed by atoms with Crippen LogP contribution >= 0.6 is 11.3 Å². The molecule has 0 aliphatic heterocycles. The number of nitrogens with one attached hydrogen (secondary N) is 1. The zero-order chi connectivity index (χ0) is 21.1. The van der Waals surface area contributed by atoms with Crippen molar-refractivity contribution < 1.29 is 14.0 Å². The third-order valence-electron chi connectivity index (χ3n) is 4.48. The third kappa shape index (κ3) is 4.47. The van der Waals surface area contributed by atoms with Crippen molar-refractivity contribution in [1.29, 1.82) is 0 Å². The van der Waals surface area contributed by atoms with E-state index in [2.05, 4.69) is 10.3 Å². The van der Waals surface area contributed by atoms with E-state index in [1.165, 1.54) is 17.4 Å². The van der Waals surface area contributed by atoms with Crippen molar-refractivity contribution in [3.8, 4) is 10.4 Å². The Labute approximate surface area is 177 Å². The van der Waals surface area contributed by atoms with Gasteiger partial charge in [0.2, 0.25) is 5.91 Å². The zero-order valence-corrected chi connectivity index (χ0v) is 17.0. The number of nitrogens with two attached hydrogens (primary N) is 1. The summed E-state index contributed by atoms with van der Waals surface area (Å²) in [6.45, 7) is 1.85. The van der Waals surface area contributed by atoms with Crippen LogP contribution < -0.4 is 11.1 Å². The predicted molar refractivity (Wildman–Crippen MR) is 119 cm³/mol. The zero-order valence-electron chi connectivity index (χ0n) is 16.2. The van der Waals surface area contributed by atoms with Crippen LogP contribution in [0.25, 0.3) is 27.5 Å². The summed E-state index contributed by atoms with van der Waals surface area (Å²) in [6, 6.07) is 15.1. The van der Waals surface area contributed by atoms with Gasteiger partial charge in [0.25, 0.3) is 0 Å². The van der Waals surface area contributed by atoms with Crippen LogP contribution in [0.15, 0.2) is 65.2 Å². The molecule has 1 amide bonds. The highest BCUT2D eigenvalue weighted by Crippen LogP contribution is 2.31. The molecule has 0 aliphatic carbocycles. The normalized spacial score (nSPS) is 11.2. The van der Waals surface area contributed by atoms with Crippen LogP contribution in [-0.2, 0) is 11.3 Å². The number of anilines is 1. The third-order valence-corrected chi connectivity index (χ3v) is 5.71. The van der Waals surface area contributed by atoms with Gasteiger partial charge in [-0.05, 0) is 72.7 Å². The lowest BCUT2D eigenvalue weighted by atomic mass is 10.1. The summed E-state index contributed by atoms with van der Waals surface area (Å²) < 4.78 is 5.82. The van der Waals surface area contributed by atoms with Gasteiger partial charge in [0, 0.05) is 22.5 Å². The van der Waals surface area contributed by atoms with Crippen LogP contribution in [0.4, 0.5) is 5.82 Å². The number of rotatable bonds is 6. The van der Waals surface area contributed by atoms with Gasteiger partial charge in [0.15, 0.2) is 5.78 Å². The number of aromatic nitrogens is 1. The molecule has 0 saturated heterocycles. The molecule has 7 heteroatoms. The van der Waals surface area contributed by atoms with Crippen molar-refractivity contribution in [2.24, 2.45) is 0 Å². The van der Waals surface area contributed by atoms with E-state index in [4.69, 9.17) is 10.2 Å². The molecule has 0 aliphatic rings. The van der Waals surface area contributed by atoms with E-state index in [1.54, 1.807) is 31.3 Å². The van der Waals surface area contributed by atoms with E-state index >= 15 is 0 Å². The summed E-state index contributed by atoms with van der Waals surface area (Å²) >= 11 is 1.47. The fraction of sp³-hybridized carbons (Fsp3) is 0.0870. The number of carbonyl (C=O) groups is 2. The van der Waals surface area contributed by atoms with Crippen molar-refractivity contribution >= 4 is 45.9 Å². The first-order valence-electron chi connectivity index (χ1n) is 9.29. The molecule has 3 heterocycles. The molecular weight excluding hydrogens is 398 g/mol. The fourth-order valence-corrected chi connectivity index (χ4v) is 3.84. The minimum Gasteiger partial charge on any atom is -0.459 e. The molecule has 30 heavy (non-hydrogen) atoms. The maximum atomic E-state index is 12.1. The molecule has 150 valence electrons. The number of nitrogen functional groups attached to an aromatic ring is 1. The lowest BCUT2D eigenvalue weighted by Crippen LogP contribution is -2.19. The Balaban J connectivity index is 1.42. The van der Waals surface area contributed by atoms with Crippen LogP contribution in [0, 0.1) is 0 Å². The molecule has 0 fully saturated rings. The second kappa shape index (κ2) is 8.34. The highest BCUT2D eigenvalue weighted by molar-refractivity contribution is 7.17. The van der Waals surface area contributed by atoms with Crippen LogP contribution in [0.2, 0.25) is 0 Å². The van der Waals surface area contributed by atoms with Gasteiger partial charge in [-0.3, -0.25) is 9.59 Å². The standard InChI is InChI=1S/C23H19N3O3S/c1-14(27)20-6-7-21(30-20)16-4-5-19-17(10-16)11-18(29-19)13-26-23(28)9-3-15-2-8-22(24)25-12-15/h2-12H,13H2,1H3,(H2,24,25)(H,26,28)/b9-3-. The monoisotopic (exact) mass is 417 g/mol. The number of fused-ring (bicyclic) bond motifs is 1. The summed E-state index contributed by atoms with van der Waals surface area (Å²) in [7, 11) is 0. The van der Waals surface area contributed by atoms with Crippen LogP contribution in [0.3, 0.4) is 0 Å². The van der Waals surface area contributed by atoms with E-state index in [-0.39, 0.29) is 18.2 Å². The highest BCUT2D eigenvalue weighted by Gasteiger charge is 2.10. The first-order valence-corrected chi connectivity index (χ1v) is 10.1. The molecule has 0 bridgehead atoms. The molecular formula is C23H19N3O3S. The Morgan fingerprint density at radius 1 is 1.17 bits per heavy atom. The predicted octanol–water partition coefficient (Wildman–Crippen LogP) is 4.67. The molecule has 0 atom stereocenters. The van der Waals surface area contributed by atoms with Crippen LogP contribution in [0.5, 0.6) is 0 Å². The Morgan fingerprint density at radius 3 is 2.77 bits per heavy atom. The van der Waals surface area contributed by atoms with Gasteiger partial charge in [-0.15, -0.1) is 11.3 Å². The largest absolute Gasteiger partial charge is 0.459 e. The van der Waals surface area contributed by atoms with E-state index in [0.29, 0.717) is 11.6 Å². The number of thiophene rings is 1. The number of ketones is 1. The van der Waals surface area contributed by atoms with Crippen molar-refractivity contribution in [2.45, 2.75) is 13.5 Å². The Morgan fingerprint density at radius 2 is 2.03 bits per heavy atom. The number of Topliss-reactive ketones (excluding diaryl/α,β-unsaturated/α-hetero) is 1. The van der Waals surface area contributed by atoms with Crippen molar-refractivity contribution in [3.05, 3.63) is 77.0 Å². The van der Waals surface area contributed by atoms with Crippen molar-refractivity contribution in [2.75, 3.05) is 5.73 Å². The Kier molecular flexibility index (Phi) is 5.45. The molecule has 3 N–H and O–H groups in total. The molecule has 4 aromatic rings. The van der Waals surface area contributed by atoms with Gasteiger partial charge in [0.1, 0.15) is 17.2 Å². The fourth-order valence-electron chi connectivity index (χ4n) is 2.94. The molecule has 4 rings (SSSR count). The lowest BCUT2D eigenvalue weighted by molar-refractivity contribution is -0.116. The lowest BCUT2D eigenvalue weighted by Gasteiger charge is -1.98. The molecule has 3 aromatic heterocycles. The minimum atomic E-state index is -0.233. The van der Waals surface area contributed by atoms with Crippen molar-refractivity contribution in [1.82, 2.24) is 10.3 Å². The summed E-state index contributed by atoms with van der Waals surface area (Å²) in [6.07, 6.45) is 4.71. The van der Waals surface area contributed by atoms with E-state index in [9.17, 15) is 9.59 Å². The Bertz CT molecular complexity index is 1250. The molecule has 0 radical (unpaired) electrons. The number of benzene rings is 1. The summed E-state index contributed by atoms with van der Waals surface area (Å²) in [4.78, 5) is 29.3. The van der Waals surface area contributed by atoms with Gasteiger partial charge in [0.05, 0.1) is 11.4 Å². The first-order chi connectivity index (χ1) is 14.5. The van der Waals surface area contributed by atoms with Crippen LogP contribution in [-0.4, -0.2) is 16.7 Å². The topological polar surface area (TPSA) is 98.2 Å². The van der Waals surface area contributed by atoms with Gasteiger partial charge in [-0.25, -0.2) is 4.98 Å². The average molecular weight is 417 g/mol. The number of hydrogen-bond donors (Lipinski definition) is 2. The molecule has 6 nitrogen and oxygen atoms in total. The number of pyridine rings is 1. The highest BCUT2D eigenvalue weighted by atomic mass is 32.1. The van der Waals surface area contributed by atoms with E-state index < -0.39 is 0 Å². The van der Waals surface area contributed by atoms with Gasteiger partial charge >= 0.3 is 0 Å². The average Bonchev–Trinajstić information content (AvgIpc) is 3.38. The van der Waals surface area contributed by atoms with E-state index in [1.807, 2.05) is 36.4 Å². The number of nitrogens with zero attached hydrogens (tertiary/aromatic N) is 1. The first kappa shape index (κ1) is 19.6. The van der Waals surface area contributed by atoms with E-state index in [0.717, 1.165) is 31.9 Å².